The summed E-state index contributed by atoms with van der Waals surface area (Å²) in [7, 11) is 0. The van der Waals surface area contributed by atoms with Crippen molar-refractivity contribution >= 4 is 17.4 Å². The van der Waals surface area contributed by atoms with Crippen molar-refractivity contribution in [3.8, 4) is 28.1 Å². The number of rotatable bonds is 4. The monoisotopic (exact) mass is 471 g/mol. The number of aromatic amines is 1. The van der Waals surface area contributed by atoms with Gasteiger partial charge in [0, 0.05) is 34.1 Å². The number of nitrogen functional groups attached to an aromatic ring is 1. The lowest BCUT2D eigenvalue weighted by atomic mass is 10.0. The number of H-pyrrole nitrogens is 1. The number of imidazole rings is 1. The zero-order chi connectivity index (χ0) is 23.2. The average molecular weight is 472 g/mol. The second-order valence-corrected chi connectivity index (χ2v) is 8.50. The van der Waals surface area contributed by atoms with Crippen LogP contribution in [0.5, 0.6) is 0 Å². The first kappa shape index (κ1) is 20.3. The Hall–Kier alpha value is -4.31. The summed E-state index contributed by atoms with van der Waals surface area (Å²) in [5, 5.41) is 12.0. The van der Waals surface area contributed by atoms with E-state index in [1.807, 2.05) is 24.3 Å². The average Bonchev–Trinajstić information content (AvgIpc) is 3.60. The summed E-state index contributed by atoms with van der Waals surface area (Å²) in [6.45, 7) is 0. The van der Waals surface area contributed by atoms with Crippen LogP contribution in [0.1, 0.15) is 24.0 Å². The molecule has 1 aromatic carbocycles. The van der Waals surface area contributed by atoms with Gasteiger partial charge in [-0.1, -0.05) is 11.6 Å². The summed E-state index contributed by atoms with van der Waals surface area (Å²) in [4.78, 5) is 25.3. The van der Waals surface area contributed by atoms with Crippen LogP contribution in [0.4, 0.5) is 5.82 Å². The predicted molar refractivity (Wildman–Crippen MR) is 127 cm³/mol. The van der Waals surface area contributed by atoms with Crippen LogP contribution >= 0.6 is 11.6 Å². The van der Waals surface area contributed by atoms with Crippen LogP contribution in [0, 0.1) is 0 Å². The first-order valence-electron chi connectivity index (χ1n) is 10.6. The van der Waals surface area contributed by atoms with E-state index in [0.717, 1.165) is 52.4 Å². The molecule has 0 fully saturated rings. The Labute approximate surface area is 198 Å². The maximum absolute atomic E-state index is 13.3. The molecule has 168 valence electrons. The molecule has 5 heterocycles. The number of fused-ring (bicyclic) bond motifs is 1. The second-order valence-electron chi connectivity index (χ2n) is 8.07. The number of hydrogen-bond donors (Lipinski definition) is 2. The van der Waals surface area contributed by atoms with Crippen molar-refractivity contribution in [2.45, 2.75) is 18.9 Å². The lowest BCUT2D eigenvalue weighted by Crippen LogP contribution is -2.23. The molecule has 0 amide bonds. The molecular weight excluding hydrogens is 454 g/mol. The van der Waals surface area contributed by atoms with Gasteiger partial charge < -0.3 is 15.3 Å². The Balaban J connectivity index is 1.39. The molecule has 34 heavy (non-hydrogen) atoms. The quantitative estimate of drug-likeness (QED) is 0.411. The molecule has 0 unspecified atom stereocenters. The molecule has 6 rings (SSSR count). The minimum absolute atomic E-state index is 0.107. The van der Waals surface area contributed by atoms with E-state index in [4.69, 9.17) is 17.3 Å². The number of tetrazole rings is 1. The fraction of sp³-hybridized carbons (Fsp3) is 0.130. The van der Waals surface area contributed by atoms with Gasteiger partial charge >= 0.3 is 0 Å². The summed E-state index contributed by atoms with van der Waals surface area (Å²) >= 11 is 6.28. The molecular formula is C23H18ClN9O. The van der Waals surface area contributed by atoms with Crippen LogP contribution in [-0.4, -0.2) is 39.7 Å². The van der Waals surface area contributed by atoms with Gasteiger partial charge in [-0.05, 0) is 65.2 Å². The van der Waals surface area contributed by atoms with Crippen LogP contribution in [0.25, 0.3) is 28.1 Å². The number of pyridine rings is 2. The van der Waals surface area contributed by atoms with Crippen LogP contribution in [0.3, 0.4) is 0 Å². The molecule has 4 aromatic heterocycles. The number of aryl methyl sites for hydroxylation is 1. The molecule has 0 spiro atoms. The lowest BCUT2D eigenvalue weighted by Gasteiger charge is -2.15. The predicted octanol–water partition coefficient (Wildman–Crippen LogP) is 3.05. The Morgan fingerprint density at radius 2 is 1.97 bits per heavy atom. The van der Waals surface area contributed by atoms with Crippen molar-refractivity contribution in [2.75, 3.05) is 5.73 Å². The third kappa shape index (κ3) is 3.44. The minimum Gasteiger partial charge on any atom is -0.384 e. The molecule has 0 saturated heterocycles. The molecule has 10 nitrogen and oxygen atoms in total. The Morgan fingerprint density at radius 1 is 1.06 bits per heavy atom. The van der Waals surface area contributed by atoms with Gasteiger partial charge in [0.05, 0.1) is 23.6 Å². The van der Waals surface area contributed by atoms with Crippen LogP contribution in [-0.2, 0) is 6.42 Å². The fourth-order valence-corrected chi connectivity index (χ4v) is 4.61. The molecule has 0 saturated carbocycles. The Bertz CT molecular complexity index is 1550. The highest BCUT2D eigenvalue weighted by molar-refractivity contribution is 6.31. The van der Waals surface area contributed by atoms with Crippen molar-refractivity contribution in [1.82, 2.24) is 39.7 Å². The highest BCUT2D eigenvalue weighted by Crippen LogP contribution is 2.34. The van der Waals surface area contributed by atoms with Crippen molar-refractivity contribution in [2.24, 2.45) is 0 Å². The summed E-state index contributed by atoms with van der Waals surface area (Å²) in [6.07, 6.45) is 6.47. The normalized spacial score (nSPS) is 14.9. The number of nitrogens with two attached hydrogens (primary N) is 1. The van der Waals surface area contributed by atoms with Gasteiger partial charge in [0.25, 0.3) is 5.56 Å². The summed E-state index contributed by atoms with van der Waals surface area (Å²) in [6, 6.07) is 12.5. The van der Waals surface area contributed by atoms with Gasteiger partial charge in [-0.15, -0.1) is 5.10 Å². The molecule has 0 radical (unpaired) electrons. The third-order valence-corrected chi connectivity index (χ3v) is 6.24. The topological polar surface area (TPSA) is 133 Å². The molecule has 5 aromatic rings. The van der Waals surface area contributed by atoms with Crippen molar-refractivity contribution in [1.29, 1.82) is 0 Å². The first-order chi connectivity index (χ1) is 16.6. The van der Waals surface area contributed by atoms with Gasteiger partial charge in [-0.25, -0.2) is 9.97 Å². The summed E-state index contributed by atoms with van der Waals surface area (Å²) in [5.74, 6) is 1.19. The van der Waals surface area contributed by atoms with Gasteiger partial charge in [-0.3, -0.25) is 4.79 Å². The number of nitrogens with zero attached hydrogens (tertiary/aromatic N) is 7. The maximum atomic E-state index is 13.3. The number of anilines is 1. The number of aromatic nitrogens is 8. The first-order valence-corrected chi connectivity index (χ1v) is 11.0. The zero-order valence-corrected chi connectivity index (χ0v) is 18.5. The smallest absolute Gasteiger partial charge is 0.252 e. The summed E-state index contributed by atoms with van der Waals surface area (Å²) in [5.41, 5.74) is 10.5. The van der Waals surface area contributed by atoms with Gasteiger partial charge in [0.1, 0.15) is 18.0 Å². The van der Waals surface area contributed by atoms with Gasteiger partial charge in [-0.2, -0.15) is 4.68 Å². The Morgan fingerprint density at radius 3 is 2.76 bits per heavy atom. The van der Waals surface area contributed by atoms with Gasteiger partial charge in [0.15, 0.2) is 0 Å². The molecule has 0 bridgehead atoms. The van der Waals surface area contributed by atoms with E-state index >= 15 is 0 Å². The molecule has 1 aliphatic rings. The number of halogens is 1. The van der Waals surface area contributed by atoms with Crippen molar-refractivity contribution in [3.05, 3.63) is 88.1 Å². The molecule has 1 atom stereocenters. The number of nitrogens with one attached hydrogen (secondary N) is 1. The van der Waals surface area contributed by atoms with E-state index in [1.165, 1.54) is 6.33 Å². The Kier molecular flexibility index (Phi) is 4.73. The zero-order valence-electron chi connectivity index (χ0n) is 17.8. The van der Waals surface area contributed by atoms with E-state index in [1.54, 1.807) is 39.8 Å². The molecule has 3 N–H and O–H groups in total. The molecule has 0 aliphatic carbocycles. The number of benzene rings is 1. The van der Waals surface area contributed by atoms with E-state index in [-0.39, 0.29) is 11.6 Å². The molecule has 11 heteroatoms. The van der Waals surface area contributed by atoms with Crippen LogP contribution in [0.15, 0.2) is 66.0 Å². The van der Waals surface area contributed by atoms with Crippen LogP contribution in [0.2, 0.25) is 5.02 Å². The maximum Gasteiger partial charge on any atom is 0.252 e. The van der Waals surface area contributed by atoms with Crippen molar-refractivity contribution < 1.29 is 0 Å². The van der Waals surface area contributed by atoms with E-state index in [2.05, 4.69) is 30.5 Å². The van der Waals surface area contributed by atoms with E-state index in [9.17, 15) is 4.79 Å². The molecule has 1 aliphatic heterocycles. The third-order valence-electron chi connectivity index (χ3n) is 6.01. The van der Waals surface area contributed by atoms with E-state index in [0.29, 0.717) is 10.8 Å². The van der Waals surface area contributed by atoms with Crippen molar-refractivity contribution in [3.63, 3.8) is 0 Å². The van der Waals surface area contributed by atoms with E-state index < -0.39 is 0 Å². The largest absolute Gasteiger partial charge is 0.384 e. The summed E-state index contributed by atoms with van der Waals surface area (Å²) < 4.78 is 3.35. The number of hydrogen-bond acceptors (Lipinski definition) is 7. The lowest BCUT2D eigenvalue weighted by molar-refractivity contribution is 0.572. The minimum atomic E-state index is -0.176. The van der Waals surface area contributed by atoms with Gasteiger partial charge in [0.2, 0.25) is 0 Å². The standard InChI is InChI=1S/C23H18ClN9O/c24-15-2-4-19(32-12-28-30-31-32)17(9-15)14-7-16-3-5-20(33(16)22(34)8-14)23-27-11-18(29-23)13-1-6-21(25)26-10-13/h1-2,4,6-12,20H,3,5H2,(H2,25,26)(H,27,29)/t20-/m1/s1. The SMILES string of the molecule is Nc1ccc(-c2cnc([C@H]3CCc4cc(-c5cc(Cl)ccc5-n5cnnn5)cc(=O)n43)[nH]2)cn1. The fourth-order valence-electron chi connectivity index (χ4n) is 4.44. The highest BCUT2D eigenvalue weighted by atomic mass is 35.5. The highest BCUT2D eigenvalue weighted by Gasteiger charge is 2.28. The second kappa shape index (κ2) is 7.92. The van der Waals surface area contributed by atoms with Crippen LogP contribution < -0.4 is 11.3 Å².